The number of ether oxygens (including phenoxy) is 1. The second-order valence-electron chi connectivity index (χ2n) is 3.90. The zero-order valence-electron chi connectivity index (χ0n) is 10.0. The molecule has 2 rings (SSSR count). The third-order valence-electron chi connectivity index (χ3n) is 2.43. The van der Waals surface area contributed by atoms with E-state index in [1.807, 2.05) is 0 Å². The monoisotopic (exact) mass is 316 g/mol. The fourth-order valence-electron chi connectivity index (χ4n) is 1.54. The van der Waals surface area contributed by atoms with Gasteiger partial charge < -0.3 is 10.5 Å². The summed E-state index contributed by atoms with van der Waals surface area (Å²) in [4.78, 5) is -0.226. The van der Waals surface area contributed by atoms with Crippen LogP contribution in [0.1, 0.15) is 0 Å². The van der Waals surface area contributed by atoms with E-state index in [0.29, 0.717) is 0 Å². The van der Waals surface area contributed by atoms with E-state index >= 15 is 0 Å². The van der Waals surface area contributed by atoms with Gasteiger partial charge in [-0.3, -0.25) is 0 Å². The molecule has 0 aliphatic heterocycles. The number of benzene rings is 2. The summed E-state index contributed by atoms with van der Waals surface area (Å²) in [5.74, 6) is -0.653. The molecule has 0 bridgehead atoms. The van der Waals surface area contributed by atoms with Gasteiger partial charge in [0.25, 0.3) is 0 Å². The second-order valence-corrected chi connectivity index (χ2v) is 5.84. The summed E-state index contributed by atoms with van der Waals surface area (Å²) >= 11 is 5.62. The molecule has 2 aromatic rings. The summed E-state index contributed by atoms with van der Waals surface area (Å²) in [5, 5.41) is 4.89. The van der Waals surface area contributed by atoms with E-state index in [-0.39, 0.29) is 27.1 Å². The minimum atomic E-state index is -3.91. The summed E-state index contributed by atoms with van der Waals surface area (Å²) in [6.07, 6.45) is 0. The number of primary sulfonamides is 1. The maximum atomic E-state index is 13.7. The molecule has 20 heavy (non-hydrogen) atoms. The first-order valence-corrected chi connectivity index (χ1v) is 7.25. The van der Waals surface area contributed by atoms with E-state index in [1.54, 1.807) is 0 Å². The van der Waals surface area contributed by atoms with Crippen LogP contribution in [0.15, 0.2) is 41.3 Å². The number of hydrogen-bond acceptors (Lipinski definition) is 4. The first-order chi connectivity index (χ1) is 9.29. The molecule has 0 radical (unpaired) electrons. The average Bonchev–Trinajstić information content (AvgIpc) is 2.33. The van der Waals surface area contributed by atoms with Crippen molar-refractivity contribution in [2.24, 2.45) is 5.14 Å². The molecule has 2 aromatic carbocycles. The Morgan fingerprint density at radius 3 is 2.50 bits per heavy atom. The van der Waals surface area contributed by atoms with Crippen molar-refractivity contribution in [3.05, 3.63) is 47.2 Å². The molecular weight excluding hydrogens is 307 g/mol. The van der Waals surface area contributed by atoms with Crippen LogP contribution < -0.4 is 15.6 Å². The van der Waals surface area contributed by atoms with Gasteiger partial charge in [-0.15, -0.1) is 0 Å². The summed E-state index contributed by atoms with van der Waals surface area (Å²) < 4.78 is 41.3. The molecule has 0 aliphatic rings. The minimum absolute atomic E-state index is 0.0865. The molecule has 0 aliphatic carbocycles. The zero-order valence-corrected chi connectivity index (χ0v) is 11.6. The lowest BCUT2D eigenvalue weighted by molar-refractivity contribution is 0.442. The number of rotatable bonds is 3. The summed E-state index contributed by atoms with van der Waals surface area (Å²) in [6.45, 7) is 0. The van der Waals surface area contributed by atoms with Crippen LogP contribution in [0.3, 0.4) is 0 Å². The molecule has 0 heterocycles. The van der Waals surface area contributed by atoms with Gasteiger partial charge in [0.15, 0.2) is 11.6 Å². The number of sulfonamides is 1. The Balaban J connectivity index is 2.36. The Labute approximate surface area is 120 Å². The molecule has 0 spiro atoms. The van der Waals surface area contributed by atoms with Gasteiger partial charge in [0.05, 0.1) is 10.7 Å². The maximum Gasteiger partial charge on any atom is 0.240 e. The fourth-order valence-corrected chi connectivity index (χ4v) is 2.35. The molecule has 0 unspecified atom stereocenters. The molecule has 0 aromatic heterocycles. The molecule has 8 heteroatoms. The Hall–Kier alpha value is -1.83. The Kier molecular flexibility index (Phi) is 3.85. The quantitative estimate of drug-likeness (QED) is 0.850. The predicted octanol–water partition coefficient (Wildman–Crippen LogP) is 2.50. The van der Waals surface area contributed by atoms with Crippen LogP contribution >= 0.6 is 11.6 Å². The molecule has 0 saturated heterocycles. The molecule has 0 amide bonds. The lowest BCUT2D eigenvalue weighted by atomic mass is 10.3. The molecule has 0 fully saturated rings. The Bertz CT molecular complexity index is 765. The standard InChI is InChI=1S/C12H10ClFN2O3S/c13-8-2-1-3-10(12(8)14)19-7-4-5-11(9(15)6-7)20(16,17)18/h1-6H,15H2,(H2,16,17,18). The zero-order chi connectivity index (χ0) is 14.9. The Morgan fingerprint density at radius 1 is 1.20 bits per heavy atom. The van der Waals surface area contributed by atoms with Crippen molar-refractivity contribution in [3.63, 3.8) is 0 Å². The van der Waals surface area contributed by atoms with Crippen molar-refractivity contribution in [2.45, 2.75) is 4.90 Å². The topological polar surface area (TPSA) is 95.4 Å². The van der Waals surface area contributed by atoms with E-state index in [2.05, 4.69) is 0 Å². The van der Waals surface area contributed by atoms with Crippen LogP contribution in [0.2, 0.25) is 5.02 Å². The van der Waals surface area contributed by atoms with Crippen molar-refractivity contribution >= 4 is 27.3 Å². The average molecular weight is 317 g/mol. The van der Waals surface area contributed by atoms with Crippen LogP contribution in [-0.2, 0) is 10.0 Å². The van der Waals surface area contributed by atoms with Gasteiger partial charge in [-0.1, -0.05) is 17.7 Å². The van der Waals surface area contributed by atoms with Crippen LogP contribution in [0.5, 0.6) is 11.5 Å². The molecule has 4 N–H and O–H groups in total. The minimum Gasteiger partial charge on any atom is -0.454 e. The molecule has 5 nitrogen and oxygen atoms in total. The normalized spacial score (nSPS) is 11.3. The van der Waals surface area contributed by atoms with Gasteiger partial charge >= 0.3 is 0 Å². The van der Waals surface area contributed by atoms with Crippen LogP contribution in [0.4, 0.5) is 10.1 Å². The maximum absolute atomic E-state index is 13.7. The van der Waals surface area contributed by atoms with Crippen LogP contribution in [0.25, 0.3) is 0 Å². The lowest BCUT2D eigenvalue weighted by Gasteiger charge is -2.09. The largest absolute Gasteiger partial charge is 0.454 e. The fraction of sp³-hybridized carbons (Fsp3) is 0. The van der Waals surface area contributed by atoms with Crippen molar-refractivity contribution in [1.29, 1.82) is 0 Å². The van der Waals surface area contributed by atoms with Gasteiger partial charge in [-0.2, -0.15) is 0 Å². The highest BCUT2D eigenvalue weighted by Crippen LogP contribution is 2.31. The number of halogens is 2. The SMILES string of the molecule is Nc1cc(Oc2cccc(Cl)c2F)ccc1S(N)(=O)=O. The lowest BCUT2D eigenvalue weighted by Crippen LogP contribution is -2.14. The second kappa shape index (κ2) is 5.28. The van der Waals surface area contributed by atoms with E-state index in [9.17, 15) is 12.8 Å². The van der Waals surface area contributed by atoms with Crippen LogP contribution in [-0.4, -0.2) is 8.42 Å². The highest BCUT2D eigenvalue weighted by molar-refractivity contribution is 7.89. The molecule has 0 atom stereocenters. The smallest absolute Gasteiger partial charge is 0.240 e. The number of nitrogens with two attached hydrogens (primary N) is 2. The van der Waals surface area contributed by atoms with Crippen molar-refractivity contribution in [3.8, 4) is 11.5 Å². The highest BCUT2D eigenvalue weighted by atomic mass is 35.5. The van der Waals surface area contributed by atoms with Gasteiger partial charge in [0.2, 0.25) is 10.0 Å². The summed E-state index contributed by atoms with van der Waals surface area (Å²) in [6, 6.07) is 8.01. The van der Waals surface area contributed by atoms with Gasteiger partial charge in [-0.25, -0.2) is 17.9 Å². The first-order valence-electron chi connectivity index (χ1n) is 5.33. The van der Waals surface area contributed by atoms with E-state index in [0.717, 1.165) is 0 Å². The third-order valence-corrected chi connectivity index (χ3v) is 3.71. The number of anilines is 1. The first kappa shape index (κ1) is 14.6. The summed E-state index contributed by atoms with van der Waals surface area (Å²) in [7, 11) is -3.91. The van der Waals surface area contributed by atoms with E-state index in [1.165, 1.54) is 36.4 Å². The van der Waals surface area contributed by atoms with Crippen molar-refractivity contribution in [2.75, 3.05) is 5.73 Å². The molecule has 0 saturated carbocycles. The van der Waals surface area contributed by atoms with Gasteiger partial charge in [0, 0.05) is 6.07 Å². The predicted molar refractivity (Wildman–Crippen MR) is 73.7 cm³/mol. The Morgan fingerprint density at radius 2 is 1.90 bits per heavy atom. The molecular formula is C12H10ClFN2O3S. The number of hydrogen-bond donors (Lipinski definition) is 2. The summed E-state index contributed by atoms with van der Waals surface area (Å²) in [5.41, 5.74) is 5.48. The van der Waals surface area contributed by atoms with Gasteiger partial charge in [-0.05, 0) is 24.3 Å². The van der Waals surface area contributed by atoms with Crippen LogP contribution in [0, 0.1) is 5.82 Å². The van der Waals surface area contributed by atoms with Crippen molar-refractivity contribution in [1.82, 2.24) is 0 Å². The molecule has 106 valence electrons. The van der Waals surface area contributed by atoms with Gasteiger partial charge in [0.1, 0.15) is 10.6 Å². The highest BCUT2D eigenvalue weighted by Gasteiger charge is 2.14. The third kappa shape index (κ3) is 3.01. The van der Waals surface area contributed by atoms with E-state index < -0.39 is 15.8 Å². The van der Waals surface area contributed by atoms with E-state index in [4.69, 9.17) is 27.2 Å². The number of nitrogen functional groups attached to an aromatic ring is 1. The van der Waals surface area contributed by atoms with Crippen molar-refractivity contribution < 1.29 is 17.5 Å².